The molecule has 3 rings (SSSR count). The first-order valence-electron chi connectivity index (χ1n) is 8.75. The maximum atomic E-state index is 13.3. The molecule has 0 radical (unpaired) electrons. The first-order valence-corrected chi connectivity index (χ1v) is 8.75. The highest BCUT2D eigenvalue weighted by Gasteiger charge is 2.28. The van der Waals surface area contributed by atoms with Crippen molar-refractivity contribution >= 4 is 0 Å². The van der Waals surface area contributed by atoms with E-state index in [0.717, 1.165) is 52.1 Å². The molecular formula is C18H28FN3O. The first-order chi connectivity index (χ1) is 11.1. The van der Waals surface area contributed by atoms with Crippen LogP contribution in [0.4, 0.5) is 4.39 Å². The third-order valence-corrected chi connectivity index (χ3v) is 5.08. The summed E-state index contributed by atoms with van der Waals surface area (Å²) in [5, 5.41) is 13.2. The van der Waals surface area contributed by atoms with E-state index in [9.17, 15) is 9.50 Å². The van der Waals surface area contributed by atoms with Gasteiger partial charge in [-0.1, -0.05) is 12.1 Å². The van der Waals surface area contributed by atoms with E-state index in [1.54, 1.807) is 12.1 Å². The Hall–Kier alpha value is -1.01. The van der Waals surface area contributed by atoms with Gasteiger partial charge in [0.05, 0.1) is 6.10 Å². The molecule has 0 spiro atoms. The van der Waals surface area contributed by atoms with Crippen LogP contribution >= 0.6 is 0 Å². The molecule has 4 nitrogen and oxygen atoms in total. The van der Waals surface area contributed by atoms with Crippen molar-refractivity contribution in [2.24, 2.45) is 0 Å². The smallest absolute Gasteiger partial charge is 0.123 e. The van der Waals surface area contributed by atoms with Gasteiger partial charge in [0.25, 0.3) is 0 Å². The monoisotopic (exact) mass is 321 g/mol. The number of likely N-dealkylation sites (tertiary alicyclic amines) is 1. The second kappa shape index (κ2) is 7.71. The second-order valence-corrected chi connectivity index (χ2v) is 6.95. The van der Waals surface area contributed by atoms with Crippen molar-refractivity contribution in [3.63, 3.8) is 0 Å². The van der Waals surface area contributed by atoms with Gasteiger partial charge in [-0.25, -0.2) is 4.39 Å². The van der Waals surface area contributed by atoms with Crippen LogP contribution in [0.3, 0.4) is 0 Å². The molecule has 0 bridgehead atoms. The van der Waals surface area contributed by atoms with Crippen molar-refractivity contribution in [3.8, 4) is 0 Å². The number of aliphatic hydroxyl groups excluding tert-OH is 1. The molecule has 2 atom stereocenters. The lowest BCUT2D eigenvalue weighted by Gasteiger charge is -2.41. The van der Waals surface area contributed by atoms with Gasteiger partial charge in [-0.15, -0.1) is 0 Å². The van der Waals surface area contributed by atoms with E-state index < -0.39 is 0 Å². The summed E-state index contributed by atoms with van der Waals surface area (Å²) < 4.78 is 13.3. The number of halogens is 1. The Bertz CT molecular complexity index is 488. The molecule has 2 aliphatic heterocycles. The minimum Gasteiger partial charge on any atom is -0.393 e. The zero-order chi connectivity index (χ0) is 16.2. The van der Waals surface area contributed by atoms with Crippen LogP contribution in [-0.4, -0.2) is 66.3 Å². The normalized spacial score (nSPS) is 26.3. The molecule has 0 amide bonds. The highest BCUT2D eigenvalue weighted by atomic mass is 19.1. The molecule has 2 aliphatic rings. The summed E-state index contributed by atoms with van der Waals surface area (Å²) in [4.78, 5) is 4.95. The molecule has 5 heteroatoms. The zero-order valence-electron chi connectivity index (χ0n) is 13.9. The molecular weight excluding hydrogens is 293 g/mol. The van der Waals surface area contributed by atoms with Gasteiger partial charge < -0.3 is 15.3 Å². The third-order valence-electron chi connectivity index (χ3n) is 5.08. The van der Waals surface area contributed by atoms with Crippen LogP contribution in [0.15, 0.2) is 24.3 Å². The molecule has 0 aromatic heterocycles. The lowest BCUT2D eigenvalue weighted by molar-refractivity contribution is 0.0553. The van der Waals surface area contributed by atoms with E-state index in [4.69, 9.17) is 0 Å². The van der Waals surface area contributed by atoms with Crippen molar-refractivity contribution in [3.05, 3.63) is 35.6 Å². The Morgan fingerprint density at radius 2 is 1.91 bits per heavy atom. The standard InChI is InChI=1S/C18H28FN3O/c1-14-12-22(11-8-20-14)18(15-2-4-16(19)5-3-15)13-21-9-6-17(23)7-10-21/h2-5,14,17-18,20,23H,6-13H2,1H3. The number of piperazine rings is 1. The summed E-state index contributed by atoms with van der Waals surface area (Å²) in [5.74, 6) is -0.178. The summed E-state index contributed by atoms with van der Waals surface area (Å²) in [6.07, 6.45) is 1.57. The summed E-state index contributed by atoms with van der Waals surface area (Å²) >= 11 is 0. The fourth-order valence-electron chi connectivity index (χ4n) is 3.71. The van der Waals surface area contributed by atoms with E-state index in [2.05, 4.69) is 22.0 Å². The number of rotatable bonds is 4. The highest BCUT2D eigenvalue weighted by molar-refractivity contribution is 5.21. The number of nitrogens with one attached hydrogen (secondary N) is 1. The Balaban J connectivity index is 1.73. The number of benzene rings is 1. The molecule has 128 valence electrons. The van der Waals surface area contributed by atoms with E-state index >= 15 is 0 Å². The van der Waals surface area contributed by atoms with Gasteiger partial charge in [0.15, 0.2) is 0 Å². The molecule has 2 heterocycles. The zero-order valence-corrected chi connectivity index (χ0v) is 13.9. The second-order valence-electron chi connectivity index (χ2n) is 6.95. The van der Waals surface area contributed by atoms with Crippen LogP contribution in [-0.2, 0) is 0 Å². The van der Waals surface area contributed by atoms with Gasteiger partial charge >= 0.3 is 0 Å². The molecule has 0 saturated carbocycles. The van der Waals surface area contributed by atoms with Crippen LogP contribution in [0.1, 0.15) is 31.4 Å². The predicted molar refractivity (Wildman–Crippen MR) is 89.9 cm³/mol. The van der Waals surface area contributed by atoms with Crippen LogP contribution in [0.5, 0.6) is 0 Å². The summed E-state index contributed by atoms with van der Waals surface area (Å²) in [5.41, 5.74) is 1.19. The molecule has 1 aromatic rings. The van der Waals surface area contributed by atoms with E-state index in [-0.39, 0.29) is 18.0 Å². The Kier molecular flexibility index (Phi) is 5.64. The van der Waals surface area contributed by atoms with Crippen LogP contribution < -0.4 is 5.32 Å². The SMILES string of the molecule is CC1CN(C(CN2CCC(O)CC2)c2ccc(F)cc2)CCN1. The van der Waals surface area contributed by atoms with Crippen molar-refractivity contribution in [2.45, 2.75) is 38.0 Å². The molecule has 2 saturated heterocycles. The Morgan fingerprint density at radius 3 is 2.57 bits per heavy atom. The van der Waals surface area contributed by atoms with Crippen molar-refractivity contribution in [1.82, 2.24) is 15.1 Å². The Labute approximate surface area is 138 Å². The molecule has 0 aliphatic carbocycles. The van der Waals surface area contributed by atoms with Gasteiger partial charge in [0.2, 0.25) is 0 Å². The molecule has 2 unspecified atom stereocenters. The largest absolute Gasteiger partial charge is 0.393 e. The molecule has 2 fully saturated rings. The number of hydrogen-bond acceptors (Lipinski definition) is 4. The van der Waals surface area contributed by atoms with E-state index in [1.807, 2.05) is 12.1 Å². The van der Waals surface area contributed by atoms with Crippen LogP contribution in [0.2, 0.25) is 0 Å². The van der Waals surface area contributed by atoms with Gasteiger partial charge in [-0.3, -0.25) is 4.90 Å². The lowest BCUT2D eigenvalue weighted by Crippen LogP contribution is -2.52. The number of aliphatic hydroxyl groups is 1. The maximum Gasteiger partial charge on any atom is 0.123 e. The van der Waals surface area contributed by atoms with Gasteiger partial charge in [-0.2, -0.15) is 0 Å². The molecule has 2 N–H and O–H groups in total. The fourth-order valence-corrected chi connectivity index (χ4v) is 3.71. The lowest BCUT2D eigenvalue weighted by atomic mass is 10.0. The van der Waals surface area contributed by atoms with Gasteiger partial charge in [0, 0.05) is 51.4 Å². The van der Waals surface area contributed by atoms with Crippen molar-refractivity contribution in [2.75, 3.05) is 39.3 Å². The number of hydrogen-bond donors (Lipinski definition) is 2. The number of piperidine rings is 1. The summed E-state index contributed by atoms with van der Waals surface area (Å²) in [6.45, 7) is 8.08. The quantitative estimate of drug-likeness (QED) is 0.884. The topological polar surface area (TPSA) is 38.7 Å². The van der Waals surface area contributed by atoms with Crippen LogP contribution in [0, 0.1) is 5.82 Å². The summed E-state index contributed by atoms with van der Waals surface area (Å²) in [7, 11) is 0. The average molecular weight is 321 g/mol. The molecule has 1 aromatic carbocycles. The first kappa shape index (κ1) is 16.8. The Morgan fingerprint density at radius 1 is 1.22 bits per heavy atom. The molecule has 23 heavy (non-hydrogen) atoms. The van der Waals surface area contributed by atoms with E-state index in [0.29, 0.717) is 6.04 Å². The summed E-state index contributed by atoms with van der Waals surface area (Å²) in [6, 6.07) is 7.74. The maximum absolute atomic E-state index is 13.3. The third kappa shape index (κ3) is 4.51. The predicted octanol–water partition coefficient (Wildman–Crippen LogP) is 1.62. The van der Waals surface area contributed by atoms with E-state index in [1.165, 1.54) is 5.56 Å². The minimum atomic E-state index is -0.178. The average Bonchev–Trinajstić information content (AvgIpc) is 2.55. The van der Waals surface area contributed by atoms with Crippen LogP contribution in [0.25, 0.3) is 0 Å². The minimum absolute atomic E-state index is 0.144. The van der Waals surface area contributed by atoms with Gasteiger partial charge in [0.1, 0.15) is 5.82 Å². The van der Waals surface area contributed by atoms with Crippen molar-refractivity contribution < 1.29 is 9.50 Å². The fraction of sp³-hybridized carbons (Fsp3) is 0.667. The highest BCUT2D eigenvalue weighted by Crippen LogP contribution is 2.25. The number of nitrogens with zero attached hydrogens (tertiary/aromatic N) is 2. The van der Waals surface area contributed by atoms with Crippen molar-refractivity contribution in [1.29, 1.82) is 0 Å². The van der Waals surface area contributed by atoms with Gasteiger partial charge in [-0.05, 0) is 37.5 Å².